The fourth-order valence-electron chi connectivity index (χ4n) is 2.21. The first-order valence-electron chi connectivity index (χ1n) is 12.7. The number of nitrogens with zero attached hydrogens (tertiary/aromatic N) is 1. The van der Waals surface area contributed by atoms with Crippen molar-refractivity contribution in [3.8, 4) is 0 Å². The Bertz CT molecular complexity index is 781. The molecule has 0 saturated heterocycles. The molecule has 0 aliphatic rings. The van der Waals surface area contributed by atoms with E-state index < -0.39 is 0 Å². The minimum absolute atomic E-state index is 0.140. The monoisotopic (exact) mass is 535 g/mol. The van der Waals surface area contributed by atoms with Crippen LogP contribution in [0.5, 0.6) is 0 Å². The Balaban J connectivity index is -0.000000455. The summed E-state index contributed by atoms with van der Waals surface area (Å²) in [5.41, 5.74) is 4.70. The van der Waals surface area contributed by atoms with Crippen molar-refractivity contribution in [1.82, 2.24) is 4.98 Å². The molecular formula is C31H50ClNO4. The zero-order valence-corrected chi connectivity index (χ0v) is 25.1. The second kappa shape index (κ2) is 26.6. The molecule has 1 heterocycles. The molecule has 0 amide bonds. The molecule has 37 heavy (non-hydrogen) atoms. The van der Waals surface area contributed by atoms with E-state index in [0.29, 0.717) is 19.4 Å². The van der Waals surface area contributed by atoms with E-state index in [4.69, 9.17) is 21.4 Å². The molecule has 2 unspecified atom stereocenters. The summed E-state index contributed by atoms with van der Waals surface area (Å²) in [6.45, 7) is 24.1. The van der Waals surface area contributed by atoms with Gasteiger partial charge in [-0.05, 0) is 78.1 Å². The lowest BCUT2D eigenvalue weighted by atomic mass is 9.98. The third-order valence-corrected chi connectivity index (χ3v) is 5.08. The summed E-state index contributed by atoms with van der Waals surface area (Å²) in [5.74, 6) is 0.346. The quantitative estimate of drug-likeness (QED) is 0.175. The van der Waals surface area contributed by atoms with Crippen LogP contribution in [-0.4, -0.2) is 34.5 Å². The van der Waals surface area contributed by atoms with Gasteiger partial charge in [0, 0.05) is 43.7 Å². The van der Waals surface area contributed by atoms with Gasteiger partial charge >= 0.3 is 5.97 Å². The Kier molecular flexibility index (Phi) is 28.0. The highest BCUT2D eigenvalue weighted by atomic mass is 35.5. The van der Waals surface area contributed by atoms with E-state index in [9.17, 15) is 9.59 Å². The molecule has 0 saturated carbocycles. The van der Waals surface area contributed by atoms with Crippen molar-refractivity contribution >= 4 is 22.8 Å². The molecule has 0 bridgehead atoms. The van der Waals surface area contributed by atoms with Gasteiger partial charge in [-0.2, -0.15) is 0 Å². The predicted molar refractivity (Wildman–Crippen MR) is 158 cm³/mol. The van der Waals surface area contributed by atoms with Crippen LogP contribution in [0, 0.1) is 11.8 Å². The SMILES string of the molecule is C=C(C)C(CC=C(C)C)COC(=O)CC.C=C(C)C(CO)CC=C(C)C.CCC(=O)Cl.c1ccncc1. The number of pyridine rings is 1. The zero-order valence-electron chi connectivity index (χ0n) is 24.4. The van der Waals surface area contributed by atoms with Crippen LogP contribution < -0.4 is 0 Å². The molecule has 6 heteroatoms. The van der Waals surface area contributed by atoms with E-state index in [2.05, 4.69) is 58.0 Å². The average molecular weight is 536 g/mol. The number of esters is 1. The summed E-state index contributed by atoms with van der Waals surface area (Å²) in [6.07, 6.45) is 10.5. The van der Waals surface area contributed by atoms with Crippen LogP contribution in [-0.2, 0) is 14.3 Å². The average Bonchev–Trinajstić information content (AvgIpc) is 2.85. The zero-order chi connectivity index (χ0) is 29.2. The first-order chi connectivity index (χ1) is 17.3. The molecule has 1 aromatic heterocycles. The van der Waals surface area contributed by atoms with Crippen molar-refractivity contribution < 1.29 is 19.4 Å². The molecule has 0 spiro atoms. The Morgan fingerprint density at radius 3 is 1.54 bits per heavy atom. The van der Waals surface area contributed by atoms with Gasteiger partial charge in [-0.1, -0.05) is 67.5 Å². The number of aliphatic hydroxyl groups excluding tert-OH is 1. The number of hydrogen-bond acceptors (Lipinski definition) is 5. The van der Waals surface area contributed by atoms with Gasteiger partial charge in [-0.15, -0.1) is 0 Å². The Morgan fingerprint density at radius 2 is 1.30 bits per heavy atom. The van der Waals surface area contributed by atoms with E-state index in [1.807, 2.05) is 32.0 Å². The number of carbonyl (C=O) groups is 2. The third-order valence-electron chi connectivity index (χ3n) is 4.81. The largest absolute Gasteiger partial charge is 0.465 e. The van der Waals surface area contributed by atoms with E-state index in [0.717, 1.165) is 24.0 Å². The van der Waals surface area contributed by atoms with E-state index >= 15 is 0 Å². The highest BCUT2D eigenvalue weighted by Crippen LogP contribution is 2.16. The number of aliphatic hydroxyl groups is 1. The lowest BCUT2D eigenvalue weighted by Crippen LogP contribution is -2.13. The highest BCUT2D eigenvalue weighted by molar-refractivity contribution is 6.63. The molecule has 0 aliphatic carbocycles. The standard InChI is InChI=1S/C13H22O2.C10H18O.C5H5N.C3H5ClO/c1-6-13(14)15-9-12(11(4)5)8-7-10(2)3;1-8(2)5-6-10(7-11)9(3)4;1-2-4-6-5-3-1;1-2-3(4)5/h7,12H,4,6,8-9H2,1-3,5H3;5,10-11H,3,6-7H2,1-2,4H3;1-5H;2H2,1H3. The fourth-order valence-corrected chi connectivity index (χ4v) is 2.21. The molecule has 0 radical (unpaired) electrons. The summed E-state index contributed by atoms with van der Waals surface area (Å²) in [7, 11) is 0. The van der Waals surface area contributed by atoms with E-state index in [-0.39, 0.29) is 29.7 Å². The number of aromatic nitrogens is 1. The van der Waals surface area contributed by atoms with Gasteiger partial charge in [0.25, 0.3) is 0 Å². The molecule has 1 rings (SSSR count). The maximum Gasteiger partial charge on any atom is 0.305 e. The van der Waals surface area contributed by atoms with Gasteiger partial charge in [0.15, 0.2) is 0 Å². The van der Waals surface area contributed by atoms with Crippen LogP contribution in [0.15, 0.2) is 78.2 Å². The van der Waals surface area contributed by atoms with Crippen molar-refractivity contribution in [1.29, 1.82) is 0 Å². The summed E-state index contributed by atoms with van der Waals surface area (Å²) < 4.78 is 5.12. The maximum absolute atomic E-state index is 11.0. The predicted octanol–water partition coefficient (Wildman–Crippen LogP) is 8.26. The Labute approximate surface area is 231 Å². The van der Waals surface area contributed by atoms with Crippen molar-refractivity contribution in [2.75, 3.05) is 13.2 Å². The number of halogens is 1. The first kappa shape index (κ1) is 39.0. The second-order valence-corrected chi connectivity index (χ2v) is 9.49. The molecule has 0 fully saturated rings. The number of hydrogen-bond donors (Lipinski definition) is 1. The summed E-state index contributed by atoms with van der Waals surface area (Å²) in [4.78, 5) is 24.4. The first-order valence-corrected chi connectivity index (χ1v) is 13.1. The third kappa shape index (κ3) is 31.5. The number of rotatable bonds is 11. The van der Waals surface area contributed by atoms with Crippen molar-refractivity contribution in [3.05, 3.63) is 78.2 Å². The van der Waals surface area contributed by atoms with Crippen LogP contribution >= 0.6 is 11.6 Å². The Hall–Kier alpha value is -2.50. The molecule has 0 aromatic carbocycles. The summed E-state index contributed by atoms with van der Waals surface area (Å²) in [6, 6.07) is 5.72. The topological polar surface area (TPSA) is 76.5 Å². The fraction of sp³-hybridized carbons (Fsp3) is 0.516. The molecule has 1 aromatic rings. The molecule has 5 nitrogen and oxygen atoms in total. The molecule has 2 atom stereocenters. The second-order valence-electron chi connectivity index (χ2n) is 9.07. The minimum Gasteiger partial charge on any atom is -0.465 e. The van der Waals surface area contributed by atoms with Crippen molar-refractivity contribution in [3.63, 3.8) is 0 Å². The van der Waals surface area contributed by atoms with Crippen molar-refractivity contribution in [2.24, 2.45) is 11.8 Å². The summed E-state index contributed by atoms with van der Waals surface area (Å²) in [5, 5.41) is 8.65. The molecular weight excluding hydrogens is 486 g/mol. The van der Waals surface area contributed by atoms with Crippen molar-refractivity contribution in [2.45, 2.75) is 81.1 Å². The summed E-state index contributed by atoms with van der Waals surface area (Å²) >= 11 is 4.82. The van der Waals surface area contributed by atoms with Crippen LogP contribution in [0.25, 0.3) is 0 Å². The van der Waals surface area contributed by atoms with Gasteiger partial charge in [0.2, 0.25) is 5.24 Å². The van der Waals surface area contributed by atoms with E-state index in [1.54, 1.807) is 26.2 Å². The number of carbonyl (C=O) groups excluding carboxylic acids is 2. The van der Waals surface area contributed by atoms with Crippen LogP contribution in [0.1, 0.15) is 81.1 Å². The lowest BCUT2D eigenvalue weighted by molar-refractivity contribution is -0.144. The van der Waals surface area contributed by atoms with Crippen LogP contribution in [0.2, 0.25) is 0 Å². The van der Waals surface area contributed by atoms with Gasteiger partial charge in [0.1, 0.15) is 0 Å². The number of allylic oxidation sites excluding steroid dienone is 4. The van der Waals surface area contributed by atoms with Crippen LogP contribution in [0.4, 0.5) is 0 Å². The van der Waals surface area contributed by atoms with Gasteiger partial charge in [-0.25, -0.2) is 0 Å². The lowest BCUT2D eigenvalue weighted by Gasteiger charge is -2.15. The van der Waals surface area contributed by atoms with Gasteiger partial charge in [-0.3, -0.25) is 14.6 Å². The highest BCUT2D eigenvalue weighted by Gasteiger charge is 2.10. The Morgan fingerprint density at radius 1 is 0.865 bits per heavy atom. The van der Waals surface area contributed by atoms with Crippen LogP contribution in [0.3, 0.4) is 0 Å². The smallest absolute Gasteiger partial charge is 0.305 e. The number of ether oxygens (including phenoxy) is 1. The van der Waals surface area contributed by atoms with E-state index in [1.165, 1.54) is 11.1 Å². The minimum atomic E-state index is -0.273. The van der Waals surface area contributed by atoms with Gasteiger partial charge in [0.05, 0.1) is 6.61 Å². The normalized spacial score (nSPS) is 10.8. The van der Waals surface area contributed by atoms with Gasteiger partial charge < -0.3 is 9.84 Å². The molecule has 0 aliphatic heterocycles. The maximum atomic E-state index is 11.0. The molecule has 1 N–H and O–H groups in total. The molecule has 210 valence electrons.